The predicted molar refractivity (Wildman–Crippen MR) is 103 cm³/mol. The van der Waals surface area contributed by atoms with Crippen LogP contribution < -0.4 is 15.6 Å². The lowest BCUT2D eigenvalue weighted by Crippen LogP contribution is -2.43. The number of amides is 2. The molecule has 26 heavy (non-hydrogen) atoms. The second-order valence-electron chi connectivity index (χ2n) is 6.26. The van der Waals surface area contributed by atoms with E-state index in [0.717, 1.165) is 16.7 Å². The van der Waals surface area contributed by atoms with Crippen LogP contribution >= 0.6 is 0 Å². The molecular weight excluding hydrogens is 328 g/mol. The lowest BCUT2D eigenvalue weighted by Gasteiger charge is -2.13. The van der Waals surface area contributed by atoms with Crippen molar-refractivity contribution in [2.45, 2.75) is 26.7 Å². The largest absolute Gasteiger partial charge is 0.483 e. The number of carbonyl (C=O) groups excluding carboxylic acids is 2. The van der Waals surface area contributed by atoms with Gasteiger partial charge in [-0.2, -0.15) is 0 Å². The van der Waals surface area contributed by atoms with Crippen LogP contribution in [0.4, 0.5) is 0 Å². The first-order chi connectivity index (χ1) is 12.5. The van der Waals surface area contributed by atoms with E-state index in [1.54, 1.807) is 6.08 Å². The van der Waals surface area contributed by atoms with Crippen molar-refractivity contribution in [3.63, 3.8) is 0 Å². The summed E-state index contributed by atoms with van der Waals surface area (Å²) >= 11 is 0. The summed E-state index contributed by atoms with van der Waals surface area (Å²) in [6, 6.07) is 15.3. The highest BCUT2D eigenvalue weighted by atomic mass is 16.5. The first kappa shape index (κ1) is 19.2. The van der Waals surface area contributed by atoms with Crippen molar-refractivity contribution in [1.29, 1.82) is 0 Å². The number of carbonyl (C=O) groups is 2. The molecule has 0 radical (unpaired) electrons. The van der Waals surface area contributed by atoms with E-state index in [0.29, 0.717) is 11.7 Å². The van der Waals surface area contributed by atoms with Crippen LogP contribution in [0.15, 0.2) is 54.6 Å². The van der Waals surface area contributed by atoms with E-state index >= 15 is 0 Å². The highest BCUT2D eigenvalue weighted by Crippen LogP contribution is 2.25. The minimum atomic E-state index is -0.430. The average molecular weight is 352 g/mol. The maximum atomic E-state index is 11.8. The highest BCUT2D eigenvalue weighted by molar-refractivity contribution is 5.93. The van der Waals surface area contributed by atoms with Crippen molar-refractivity contribution in [2.75, 3.05) is 6.61 Å². The quantitative estimate of drug-likeness (QED) is 0.619. The number of para-hydroxylation sites is 1. The number of nitrogens with one attached hydrogen (secondary N) is 2. The van der Waals surface area contributed by atoms with Crippen molar-refractivity contribution < 1.29 is 14.3 Å². The van der Waals surface area contributed by atoms with E-state index in [2.05, 4.69) is 24.7 Å². The van der Waals surface area contributed by atoms with Gasteiger partial charge >= 0.3 is 0 Å². The lowest BCUT2D eigenvalue weighted by atomic mass is 10.0. The third-order valence-electron chi connectivity index (χ3n) is 3.73. The van der Waals surface area contributed by atoms with Crippen molar-refractivity contribution in [1.82, 2.24) is 10.9 Å². The minimum absolute atomic E-state index is 0.175. The summed E-state index contributed by atoms with van der Waals surface area (Å²) < 4.78 is 5.55. The molecular formula is C21H24N2O3. The number of hydrogen-bond donors (Lipinski definition) is 2. The van der Waals surface area contributed by atoms with E-state index < -0.39 is 11.8 Å². The van der Waals surface area contributed by atoms with Gasteiger partial charge in [0.1, 0.15) is 5.75 Å². The van der Waals surface area contributed by atoms with Crippen LogP contribution in [0.1, 0.15) is 36.5 Å². The normalized spacial score (nSPS) is 10.8. The fourth-order valence-corrected chi connectivity index (χ4v) is 2.29. The predicted octanol–water partition coefficient (Wildman–Crippen LogP) is 3.36. The molecule has 136 valence electrons. The SMILES string of the molecule is Cc1ccc(C=CC(=O)NNC(=O)COc2ccccc2C(C)C)cc1. The first-order valence-electron chi connectivity index (χ1n) is 8.51. The molecule has 0 unspecified atom stereocenters. The standard InChI is InChI=1S/C21H24N2O3/c1-15(2)18-6-4-5-7-19(18)26-14-21(25)23-22-20(24)13-12-17-10-8-16(3)9-11-17/h4-13,15H,14H2,1-3H3,(H,22,24)(H,23,25). The Labute approximate surface area is 154 Å². The Morgan fingerprint density at radius 2 is 1.73 bits per heavy atom. The number of aryl methyl sites for hydroxylation is 1. The number of ether oxygens (including phenoxy) is 1. The summed E-state index contributed by atoms with van der Waals surface area (Å²) in [5.41, 5.74) is 7.76. The molecule has 2 amide bonds. The fraction of sp³-hybridized carbons (Fsp3) is 0.238. The Hall–Kier alpha value is -3.08. The third kappa shape index (κ3) is 6.09. The van der Waals surface area contributed by atoms with Crippen LogP contribution in [-0.2, 0) is 9.59 Å². The summed E-state index contributed by atoms with van der Waals surface area (Å²) in [7, 11) is 0. The van der Waals surface area contributed by atoms with Gasteiger partial charge in [-0.05, 0) is 36.1 Å². The Morgan fingerprint density at radius 3 is 2.42 bits per heavy atom. The van der Waals surface area contributed by atoms with Gasteiger partial charge in [0.05, 0.1) is 0 Å². The molecule has 2 rings (SSSR count). The topological polar surface area (TPSA) is 67.4 Å². The van der Waals surface area contributed by atoms with Gasteiger partial charge in [0, 0.05) is 6.08 Å². The molecule has 0 heterocycles. The smallest absolute Gasteiger partial charge is 0.276 e. The van der Waals surface area contributed by atoms with E-state index in [1.165, 1.54) is 6.08 Å². The maximum absolute atomic E-state index is 11.8. The molecule has 0 saturated carbocycles. The molecule has 0 aliphatic rings. The number of benzene rings is 2. The first-order valence-corrected chi connectivity index (χ1v) is 8.51. The van der Waals surface area contributed by atoms with Crippen molar-refractivity contribution >= 4 is 17.9 Å². The Morgan fingerprint density at radius 1 is 1.04 bits per heavy atom. The Kier molecular flexibility index (Phi) is 6.97. The molecule has 0 bridgehead atoms. The monoisotopic (exact) mass is 352 g/mol. The van der Waals surface area contributed by atoms with Gasteiger partial charge in [-0.15, -0.1) is 0 Å². The van der Waals surface area contributed by atoms with Crippen LogP contribution in [0, 0.1) is 6.92 Å². The summed E-state index contributed by atoms with van der Waals surface area (Å²) in [5, 5.41) is 0. The molecule has 5 nitrogen and oxygen atoms in total. The second-order valence-corrected chi connectivity index (χ2v) is 6.26. The van der Waals surface area contributed by atoms with Gasteiger partial charge in [-0.25, -0.2) is 0 Å². The van der Waals surface area contributed by atoms with Crippen LogP contribution in [0.5, 0.6) is 5.75 Å². The van der Waals surface area contributed by atoms with Gasteiger partial charge in [-0.3, -0.25) is 20.4 Å². The van der Waals surface area contributed by atoms with Gasteiger partial charge in [0.15, 0.2) is 6.61 Å². The lowest BCUT2D eigenvalue weighted by molar-refractivity contribution is -0.128. The molecule has 0 aliphatic carbocycles. The van der Waals surface area contributed by atoms with Crippen molar-refractivity contribution in [3.8, 4) is 5.75 Å². The number of rotatable bonds is 6. The zero-order valence-corrected chi connectivity index (χ0v) is 15.3. The maximum Gasteiger partial charge on any atom is 0.276 e. The third-order valence-corrected chi connectivity index (χ3v) is 3.73. The molecule has 0 fully saturated rings. The van der Waals surface area contributed by atoms with Crippen LogP contribution in [0.25, 0.3) is 6.08 Å². The van der Waals surface area contributed by atoms with Crippen LogP contribution in [0.2, 0.25) is 0 Å². The van der Waals surface area contributed by atoms with Gasteiger partial charge in [-0.1, -0.05) is 61.9 Å². The molecule has 0 aliphatic heterocycles. The van der Waals surface area contributed by atoms with Gasteiger partial charge < -0.3 is 4.74 Å². The van der Waals surface area contributed by atoms with E-state index in [4.69, 9.17) is 4.74 Å². The average Bonchev–Trinajstić information content (AvgIpc) is 2.64. The minimum Gasteiger partial charge on any atom is -0.483 e. The van der Waals surface area contributed by atoms with E-state index in [1.807, 2.05) is 55.5 Å². The van der Waals surface area contributed by atoms with Gasteiger partial charge in [0.25, 0.3) is 11.8 Å². The second kappa shape index (κ2) is 9.42. The fourth-order valence-electron chi connectivity index (χ4n) is 2.29. The van der Waals surface area contributed by atoms with Gasteiger partial charge in [0.2, 0.25) is 0 Å². The van der Waals surface area contributed by atoms with E-state index in [9.17, 15) is 9.59 Å². The number of hydrogen-bond acceptors (Lipinski definition) is 3. The van der Waals surface area contributed by atoms with Crippen LogP contribution in [-0.4, -0.2) is 18.4 Å². The van der Waals surface area contributed by atoms with Crippen LogP contribution in [0.3, 0.4) is 0 Å². The molecule has 0 aromatic heterocycles. The zero-order valence-electron chi connectivity index (χ0n) is 15.3. The summed E-state index contributed by atoms with van der Waals surface area (Å²) in [4.78, 5) is 23.6. The van der Waals surface area contributed by atoms with Crippen molar-refractivity contribution in [2.24, 2.45) is 0 Å². The van der Waals surface area contributed by atoms with Crippen molar-refractivity contribution in [3.05, 3.63) is 71.3 Å². The van der Waals surface area contributed by atoms with E-state index in [-0.39, 0.29) is 6.61 Å². The molecule has 0 saturated heterocycles. The molecule has 2 aromatic carbocycles. The Balaban J connectivity index is 1.78. The molecule has 2 N–H and O–H groups in total. The summed E-state index contributed by atoms with van der Waals surface area (Å²) in [5.74, 6) is 0.117. The highest BCUT2D eigenvalue weighted by Gasteiger charge is 2.09. The summed E-state index contributed by atoms with van der Waals surface area (Å²) in [6.45, 7) is 5.94. The molecule has 0 atom stereocenters. The number of hydrazine groups is 1. The zero-order chi connectivity index (χ0) is 18.9. The molecule has 2 aromatic rings. The Bertz CT molecular complexity index is 780. The summed E-state index contributed by atoms with van der Waals surface area (Å²) in [6.07, 6.45) is 3.04. The molecule has 0 spiro atoms. The molecule has 5 heteroatoms.